The highest BCUT2D eigenvalue weighted by Crippen LogP contribution is 2.37. The lowest BCUT2D eigenvalue weighted by Crippen LogP contribution is -2.26. The number of nitrogens with zero attached hydrogens (tertiary/aromatic N) is 3. The largest absolute Gasteiger partial charge is 0.465 e. The van der Waals surface area contributed by atoms with Crippen LogP contribution in [0.25, 0.3) is 11.1 Å². The average molecular weight is 535 g/mol. The number of halogens is 4. The quantitative estimate of drug-likeness (QED) is 0.371. The van der Waals surface area contributed by atoms with E-state index in [1.807, 2.05) is 0 Å². The molecule has 0 spiro atoms. The van der Waals surface area contributed by atoms with Gasteiger partial charge in [-0.3, -0.25) is 9.36 Å². The molecule has 0 aliphatic carbocycles. The molecule has 37 heavy (non-hydrogen) atoms. The van der Waals surface area contributed by atoms with Crippen LogP contribution >= 0.6 is 11.6 Å². The fraction of sp³-hybridized carbons (Fsp3) is 0.167. The number of aromatic amines is 1. The minimum atomic E-state index is -4.89. The number of alkyl halides is 3. The smallest absolute Gasteiger partial charge is 0.420 e. The van der Waals surface area contributed by atoms with Crippen LogP contribution in [0.4, 0.5) is 13.2 Å². The second-order valence-corrected chi connectivity index (χ2v) is 8.28. The maximum Gasteiger partial charge on any atom is 0.420 e. The van der Waals surface area contributed by atoms with Crippen molar-refractivity contribution in [3.63, 3.8) is 0 Å². The van der Waals surface area contributed by atoms with E-state index in [0.717, 1.165) is 15.3 Å². The Hall–Kier alpha value is -4.32. The molecule has 0 fully saturated rings. The summed E-state index contributed by atoms with van der Waals surface area (Å²) in [6.45, 7) is -0.282. The molecule has 0 aliphatic rings. The molecule has 4 rings (SSSR count). The van der Waals surface area contributed by atoms with Gasteiger partial charge < -0.3 is 14.0 Å². The minimum absolute atomic E-state index is 0.118. The van der Waals surface area contributed by atoms with Gasteiger partial charge in [-0.15, -0.1) is 0 Å². The molecule has 0 radical (unpaired) electrons. The molecule has 1 N–H and O–H groups in total. The number of aromatic nitrogens is 4. The maximum atomic E-state index is 13.8. The number of hydrogen-bond acceptors (Lipinski definition) is 6. The Bertz CT molecular complexity index is 1590. The first kappa shape index (κ1) is 25.8. The van der Waals surface area contributed by atoms with Crippen molar-refractivity contribution >= 4 is 17.6 Å². The molecule has 0 atom stereocenters. The number of benzene rings is 2. The van der Waals surface area contributed by atoms with Crippen LogP contribution in [0.2, 0.25) is 5.02 Å². The Kier molecular flexibility index (Phi) is 6.94. The van der Waals surface area contributed by atoms with Crippen LogP contribution in [-0.2, 0) is 24.5 Å². The van der Waals surface area contributed by atoms with E-state index in [1.54, 1.807) is 18.2 Å². The zero-order valence-electron chi connectivity index (χ0n) is 19.3. The van der Waals surface area contributed by atoms with Gasteiger partial charge in [-0.1, -0.05) is 23.7 Å². The number of H-pyrrole nitrogens is 1. The predicted octanol–water partition coefficient (Wildman–Crippen LogP) is 4.24. The zero-order chi connectivity index (χ0) is 26.9. The second kappa shape index (κ2) is 9.97. The van der Waals surface area contributed by atoms with E-state index < -0.39 is 34.7 Å². The summed E-state index contributed by atoms with van der Waals surface area (Å²) < 4.78 is 53.5. The SMILES string of the molecule is COC(=O)c1ccc(-c2cc(Cl)cc(Oc3c(C(F)(F)F)ccn(Cc4n[nH]c(=O)n4C)c3=O)c2)cc1. The highest BCUT2D eigenvalue weighted by Gasteiger charge is 2.36. The summed E-state index contributed by atoms with van der Waals surface area (Å²) in [5.41, 5.74) is -1.56. The molecule has 2 aromatic heterocycles. The number of carbonyl (C=O) groups excluding carboxylic acids is 1. The number of carbonyl (C=O) groups is 1. The average Bonchev–Trinajstić information content (AvgIpc) is 3.17. The van der Waals surface area contributed by atoms with Crippen molar-refractivity contribution in [1.29, 1.82) is 0 Å². The summed E-state index contributed by atoms with van der Waals surface area (Å²) in [6, 6.07) is 11.2. The number of methoxy groups -OCH3 is 1. The van der Waals surface area contributed by atoms with Crippen LogP contribution in [0.3, 0.4) is 0 Å². The third kappa shape index (κ3) is 5.43. The molecule has 4 aromatic rings. The van der Waals surface area contributed by atoms with Crippen LogP contribution < -0.4 is 16.0 Å². The number of nitrogens with one attached hydrogen (secondary N) is 1. The van der Waals surface area contributed by atoms with Gasteiger partial charge in [-0.2, -0.15) is 18.3 Å². The fourth-order valence-electron chi connectivity index (χ4n) is 3.50. The van der Waals surface area contributed by atoms with Crippen molar-refractivity contribution in [3.8, 4) is 22.6 Å². The van der Waals surface area contributed by atoms with E-state index in [0.29, 0.717) is 22.8 Å². The van der Waals surface area contributed by atoms with Crippen LogP contribution in [0.15, 0.2) is 64.3 Å². The van der Waals surface area contributed by atoms with E-state index in [2.05, 4.69) is 14.9 Å². The molecule has 192 valence electrons. The van der Waals surface area contributed by atoms with Gasteiger partial charge in [0.15, 0.2) is 5.82 Å². The topological polar surface area (TPSA) is 108 Å². The van der Waals surface area contributed by atoms with Crippen molar-refractivity contribution in [3.05, 3.63) is 97.5 Å². The lowest BCUT2D eigenvalue weighted by Gasteiger charge is -2.16. The lowest BCUT2D eigenvalue weighted by molar-refractivity contribution is -0.138. The molecule has 0 bridgehead atoms. The standard InChI is InChI=1S/C24H18ClF3N4O5/c1-31-19(29-30-23(31)35)12-32-8-7-18(24(26,27)28)20(21(32)33)37-17-10-15(9-16(25)11-17)13-3-5-14(6-4-13)22(34)36-2/h3-11H,12H2,1-2H3,(H,30,35). The summed E-state index contributed by atoms with van der Waals surface area (Å²) in [4.78, 5) is 36.3. The molecule has 2 heterocycles. The lowest BCUT2D eigenvalue weighted by atomic mass is 10.0. The van der Waals surface area contributed by atoms with E-state index in [4.69, 9.17) is 16.3 Å². The van der Waals surface area contributed by atoms with Crippen LogP contribution in [0.5, 0.6) is 11.5 Å². The first-order valence-electron chi connectivity index (χ1n) is 10.6. The first-order valence-corrected chi connectivity index (χ1v) is 10.9. The molecule has 2 aromatic carbocycles. The van der Waals surface area contributed by atoms with E-state index >= 15 is 0 Å². The highest BCUT2D eigenvalue weighted by molar-refractivity contribution is 6.31. The normalized spacial score (nSPS) is 11.4. The highest BCUT2D eigenvalue weighted by atomic mass is 35.5. The second-order valence-electron chi connectivity index (χ2n) is 7.84. The van der Waals surface area contributed by atoms with Crippen molar-refractivity contribution in [2.45, 2.75) is 12.7 Å². The third-order valence-electron chi connectivity index (χ3n) is 5.44. The minimum Gasteiger partial charge on any atom is -0.465 e. The Labute approximate surface area is 211 Å². The van der Waals surface area contributed by atoms with Crippen LogP contribution in [0.1, 0.15) is 21.7 Å². The third-order valence-corrected chi connectivity index (χ3v) is 5.66. The number of hydrogen-bond donors (Lipinski definition) is 1. The number of pyridine rings is 1. The Morgan fingerprint density at radius 2 is 1.78 bits per heavy atom. The summed E-state index contributed by atoms with van der Waals surface area (Å²) in [5, 5.41) is 6.11. The van der Waals surface area contributed by atoms with Crippen molar-refractivity contribution < 1.29 is 27.4 Å². The Morgan fingerprint density at radius 3 is 2.38 bits per heavy atom. The molecule has 13 heteroatoms. The predicted molar refractivity (Wildman–Crippen MR) is 127 cm³/mol. The summed E-state index contributed by atoms with van der Waals surface area (Å²) in [5.74, 6) is -1.49. The van der Waals surface area contributed by atoms with Crippen LogP contribution in [0, 0.1) is 0 Å². The van der Waals surface area contributed by atoms with Gasteiger partial charge in [0.25, 0.3) is 5.56 Å². The number of rotatable bonds is 6. The van der Waals surface area contributed by atoms with E-state index in [1.165, 1.54) is 38.4 Å². The molecule has 0 unspecified atom stereocenters. The van der Waals surface area contributed by atoms with E-state index in [9.17, 15) is 27.6 Å². The van der Waals surface area contributed by atoms with Crippen LogP contribution in [-0.4, -0.2) is 32.4 Å². The molecule has 9 nitrogen and oxygen atoms in total. The molecule has 0 saturated carbocycles. The summed E-state index contributed by atoms with van der Waals surface area (Å²) in [6.07, 6.45) is -3.94. The fourth-order valence-corrected chi connectivity index (χ4v) is 3.72. The van der Waals surface area contributed by atoms with Crippen molar-refractivity contribution in [2.75, 3.05) is 7.11 Å². The number of esters is 1. The zero-order valence-corrected chi connectivity index (χ0v) is 20.1. The molecular formula is C24H18ClF3N4O5. The maximum absolute atomic E-state index is 13.8. The van der Waals surface area contributed by atoms with Crippen molar-refractivity contribution in [2.24, 2.45) is 7.05 Å². The van der Waals surface area contributed by atoms with Gasteiger partial charge in [-0.05, 0) is 47.5 Å². The molecular weight excluding hydrogens is 517 g/mol. The molecule has 0 saturated heterocycles. The molecule has 0 amide bonds. The summed E-state index contributed by atoms with van der Waals surface area (Å²) in [7, 11) is 2.65. The monoisotopic (exact) mass is 534 g/mol. The van der Waals surface area contributed by atoms with Gasteiger partial charge >= 0.3 is 17.8 Å². The van der Waals surface area contributed by atoms with Crippen molar-refractivity contribution in [1.82, 2.24) is 19.3 Å². The van der Waals surface area contributed by atoms with E-state index in [-0.39, 0.29) is 23.1 Å². The number of ether oxygens (including phenoxy) is 2. The van der Waals surface area contributed by atoms with Gasteiger partial charge in [-0.25, -0.2) is 14.7 Å². The molecule has 0 aliphatic heterocycles. The van der Waals surface area contributed by atoms with Gasteiger partial charge in [0.2, 0.25) is 5.75 Å². The van der Waals surface area contributed by atoms with Gasteiger partial charge in [0, 0.05) is 18.3 Å². The Balaban J connectivity index is 1.75. The Morgan fingerprint density at radius 1 is 1.08 bits per heavy atom. The first-order chi connectivity index (χ1) is 17.5. The van der Waals surface area contributed by atoms with Gasteiger partial charge in [0.05, 0.1) is 19.2 Å². The summed E-state index contributed by atoms with van der Waals surface area (Å²) >= 11 is 6.19. The van der Waals surface area contributed by atoms with Gasteiger partial charge in [0.1, 0.15) is 11.3 Å².